The summed E-state index contributed by atoms with van der Waals surface area (Å²) in [5, 5.41) is 0. The van der Waals surface area contributed by atoms with E-state index >= 15 is 0 Å². The SMILES string of the molecule is CC(C)(C)[S@+]([O-])N[C@]1(c2ccc(F)c(C(F)(F)F)c2)CCOc2cccnc21. The van der Waals surface area contributed by atoms with Crippen molar-refractivity contribution in [1.82, 2.24) is 9.71 Å². The molecule has 0 aliphatic carbocycles. The van der Waals surface area contributed by atoms with Gasteiger partial charge < -0.3 is 9.29 Å². The normalized spacial score (nSPS) is 21.0. The molecule has 3 rings (SSSR count). The highest BCUT2D eigenvalue weighted by molar-refractivity contribution is 7.90. The number of nitrogens with zero attached hydrogens (tertiary/aromatic N) is 1. The molecule has 0 saturated heterocycles. The van der Waals surface area contributed by atoms with Crippen LogP contribution in [0.3, 0.4) is 0 Å². The molecule has 2 atom stereocenters. The lowest BCUT2D eigenvalue weighted by atomic mass is 9.82. The molecule has 1 N–H and O–H groups in total. The Morgan fingerprint density at radius 2 is 1.93 bits per heavy atom. The molecule has 0 fully saturated rings. The van der Waals surface area contributed by atoms with E-state index in [9.17, 15) is 22.1 Å². The molecule has 1 aromatic heterocycles. The van der Waals surface area contributed by atoms with Crippen molar-refractivity contribution in [3.63, 3.8) is 0 Å². The van der Waals surface area contributed by atoms with Crippen LogP contribution in [0.5, 0.6) is 5.75 Å². The van der Waals surface area contributed by atoms with Gasteiger partial charge >= 0.3 is 6.18 Å². The van der Waals surface area contributed by atoms with Gasteiger partial charge in [0.25, 0.3) is 0 Å². The molecule has 1 aliphatic heterocycles. The number of alkyl halides is 3. The number of nitrogens with one attached hydrogen (secondary N) is 1. The van der Waals surface area contributed by atoms with E-state index < -0.39 is 39.2 Å². The summed E-state index contributed by atoms with van der Waals surface area (Å²) in [7, 11) is 0. The number of aromatic nitrogens is 1. The highest BCUT2D eigenvalue weighted by Gasteiger charge is 2.48. The summed E-state index contributed by atoms with van der Waals surface area (Å²) in [6.45, 7) is 5.41. The van der Waals surface area contributed by atoms with Gasteiger partial charge in [-0.15, -0.1) is 4.72 Å². The maximum absolute atomic E-state index is 13.9. The molecule has 0 bridgehead atoms. The fourth-order valence-corrected chi connectivity index (χ4v) is 3.96. The van der Waals surface area contributed by atoms with Gasteiger partial charge in [-0.1, -0.05) is 6.07 Å². The maximum Gasteiger partial charge on any atom is 0.419 e. The monoisotopic (exact) mass is 416 g/mol. The minimum absolute atomic E-state index is 0.127. The third-order valence-electron chi connectivity index (χ3n) is 4.50. The fourth-order valence-electron chi connectivity index (χ4n) is 3.02. The Bertz CT molecular complexity index is 870. The van der Waals surface area contributed by atoms with Crippen molar-refractivity contribution in [2.45, 2.75) is 43.7 Å². The van der Waals surface area contributed by atoms with Crippen molar-refractivity contribution < 1.29 is 26.9 Å². The minimum Gasteiger partial charge on any atom is -0.598 e. The summed E-state index contributed by atoms with van der Waals surface area (Å²) in [5.41, 5.74) is -2.25. The highest BCUT2D eigenvalue weighted by Crippen LogP contribution is 2.43. The van der Waals surface area contributed by atoms with Gasteiger partial charge in [-0.05, 0) is 50.6 Å². The van der Waals surface area contributed by atoms with Crippen LogP contribution in [0.2, 0.25) is 0 Å². The largest absolute Gasteiger partial charge is 0.598 e. The number of pyridine rings is 1. The van der Waals surface area contributed by atoms with Crippen LogP contribution >= 0.6 is 0 Å². The first-order chi connectivity index (χ1) is 12.9. The van der Waals surface area contributed by atoms with Crippen molar-refractivity contribution in [3.05, 3.63) is 59.2 Å². The molecule has 0 spiro atoms. The van der Waals surface area contributed by atoms with Crippen LogP contribution < -0.4 is 9.46 Å². The fraction of sp³-hybridized carbons (Fsp3) is 0.421. The molecule has 152 valence electrons. The standard InChI is InChI=1S/C19H20F4N2O2S/c1-17(2,3)28(26)25-18(8-10-27-15-5-4-9-24-16(15)18)12-6-7-14(20)13(11-12)19(21,22)23/h4-7,9,11,25H,8,10H2,1-3H3/t18-,28-/m0/s1. The van der Waals surface area contributed by atoms with Crippen LogP contribution in [0.25, 0.3) is 0 Å². The van der Waals surface area contributed by atoms with E-state index in [4.69, 9.17) is 4.74 Å². The zero-order valence-electron chi connectivity index (χ0n) is 15.6. The van der Waals surface area contributed by atoms with E-state index in [1.165, 1.54) is 12.3 Å². The summed E-state index contributed by atoms with van der Waals surface area (Å²) in [4.78, 5) is 4.30. The average molecular weight is 416 g/mol. The number of benzene rings is 1. The van der Waals surface area contributed by atoms with E-state index in [1.54, 1.807) is 32.9 Å². The lowest BCUT2D eigenvalue weighted by Crippen LogP contribution is -2.54. The highest BCUT2D eigenvalue weighted by atomic mass is 32.2. The molecule has 0 saturated carbocycles. The molecule has 0 amide bonds. The molecule has 1 aliphatic rings. The molecule has 0 unspecified atom stereocenters. The third-order valence-corrected chi connectivity index (χ3v) is 6.14. The summed E-state index contributed by atoms with van der Waals surface area (Å²) >= 11 is -1.64. The number of rotatable bonds is 3. The topological polar surface area (TPSA) is 57.2 Å². The summed E-state index contributed by atoms with van der Waals surface area (Å²) < 4.78 is 74.6. The second-order valence-electron chi connectivity index (χ2n) is 7.53. The van der Waals surface area contributed by atoms with Crippen molar-refractivity contribution in [2.24, 2.45) is 0 Å². The van der Waals surface area contributed by atoms with Gasteiger partial charge in [-0.25, -0.2) is 4.39 Å². The summed E-state index contributed by atoms with van der Waals surface area (Å²) in [5.74, 6) is -0.985. The average Bonchev–Trinajstić information content (AvgIpc) is 2.60. The first-order valence-electron chi connectivity index (χ1n) is 8.60. The van der Waals surface area contributed by atoms with E-state index in [-0.39, 0.29) is 18.6 Å². The molecule has 4 nitrogen and oxygen atoms in total. The van der Waals surface area contributed by atoms with Crippen molar-refractivity contribution in [3.8, 4) is 5.75 Å². The van der Waals surface area contributed by atoms with Crippen LogP contribution in [0.15, 0.2) is 36.5 Å². The maximum atomic E-state index is 13.9. The van der Waals surface area contributed by atoms with Crippen molar-refractivity contribution >= 4 is 11.4 Å². The van der Waals surface area contributed by atoms with Crippen LogP contribution in [0, 0.1) is 5.82 Å². The van der Waals surface area contributed by atoms with Crippen LogP contribution in [0.4, 0.5) is 17.6 Å². The molecule has 0 radical (unpaired) electrons. The number of hydrogen-bond donors (Lipinski definition) is 1. The Balaban J connectivity index is 2.22. The molecule has 2 heterocycles. The molecular weight excluding hydrogens is 396 g/mol. The Morgan fingerprint density at radius 1 is 1.21 bits per heavy atom. The Hall–Kier alpha value is -1.84. The molecule has 1 aromatic carbocycles. The van der Waals surface area contributed by atoms with E-state index in [2.05, 4.69) is 9.71 Å². The van der Waals surface area contributed by atoms with Crippen molar-refractivity contribution in [1.29, 1.82) is 0 Å². The number of fused-ring (bicyclic) bond motifs is 1. The van der Waals surface area contributed by atoms with Gasteiger partial charge in [0.1, 0.15) is 27.5 Å². The number of halogens is 4. The quantitative estimate of drug-likeness (QED) is 0.598. The molecule has 2 aromatic rings. The van der Waals surface area contributed by atoms with E-state index in [0.29, 0.717) is 11.4 Å². The predicted octanol–water partition coefficient (Wildman–Crippen LogP) is 4.32. The Kier molecular flexibility index (Phi) is 5.37. The van der Waals surface area contributed by atoms with E-state index in [1.807, 2.05) is 0 Å². The van der Waals surface area contributed by atoms with Crippen LogP contribution in [-0.4, -0.2) is 20.9 Å². The second kappa shape index (κ2) is 7.20. The first-order valence-corrected chi connectivity index (χ1v) is 9.75. The zero-order chi connectivity index (χ0) is 20.7. The van der Waals surface area contributed by atoms with Crippen LogP contribution in [0.1, 0.15) is 44.0 Å². The number of ether oxygens (including phenoxy) is 1. The number of hydrogen-bond acceptors (Lipinski definition) is 4. The Morgan fingerprint density at radius 3 is 2.57 bits per heavy atom. The lowest BCUT2D eigenvalue weighted by Gasteiger charge is -2.40. The smallest absolute Gasteiger partial charge is 0.419 e. The third kappa shape index (κ3) is 3.83. The molecule has 28 heavy (non-hydrogen) atoms. The Labute approximate surface area is 163 Å². The van der Waals surface area contributed by atoms with Gasteiger partial charge in [0.05, 0.1) is 12.2 Å². The summed E-state index contributed by atoms with van der Waals surface area (Å²) in [6, 6.07) is 6.08. The van der Waals surface area contributed by atoms with E-state index in [0.717, 1.165) is 12.1 Å². The second-order valence-corrected chi connectivity index (χ2v) is 9.50. The molecule has 9 heteroatoms. The zero-order valence-corrected chi connectivity index (χ0v) is 16.4. The minimum atomic E-state index is -4.86. The van der Waals surface area contributed by atoms with Gasteiger partial charge in [-0.2, -0.15) is 13.2 Å². The predicted molar refractivity (Wildman–Crippen MR) is 97.6 cm³/mol. The lowest BCUT2D eigenvalue weighted by molar-refractivity contribution is -0.140. The van der Waals surface area contributed by atoms with Gasteiger partial charge in [0.15, 0.2) is 0 Å². The summed E-state index contributed by atoms with van der Waals surface area (Å²) in [6.07, 6.45) is -3.19. The molecular formula is C19H20F4N2O2S. The van der Waals surface area contributed by atoms with Crippen LogP contribution in [-0.2, 0) is 23.1 Å². The van der Waals surface area contributed by atoms with Gasteiger partial charge in [0.2, 0.25) is 0 Å². The van der Waals surface area contributed by atoms with Crippen molar-refractivity contribution in [2.75, 3.05) is 6.61 Å². The van der Waals surface area contributed by atoms with Gasteiger partial charge in [-0.3, -0.25) is 4.98 Å². The van der Waals surface area contributed by atoms with Gasteiger partial charge in [0, 0.05) is 24.0 Å². The first kappa shape index (κ1) is 20.9.